The van der Waals surface area contributed by atoms with Crippen molar-refractivity contribution < 1.29 is 14.0 Å². The maximum Gasteiger partial charge on any atom is 0.243 e. The maximum absolute atomic E-state index is 9.03. The fourth-order valence-corrected chi connectivity index (χ4v) is 4.21. The Hall–Kier alpha value is -3.79. The number of hydrogen-bond donors (Lipinski definition) is 1. The number of ether oxygens (including phenoxy) is 2. The highest BCUT2D eigenvalue weighted by Crippen LogP contribution is 2.22. The Morgan fingerprint density at radius 1 is 1.00 bits per heavy atom. The first kappa shape index (κ1) is 27.3. The molecule has 0 aliphatic carbocycles. The normalized spacial score (nSPS) is 11.6. The number of halogens is 1. The third-order valence-corrected chi connectivity index (χ3v) is 6.44. The summed E-state index contributed by atoms with van der Waals surface area (Å²) in [5, 5.41) is 13.2. The van der Waals surface area contributed by atoms with E-state index in [1.54, 1.807) is 0 Å². The molecule has 1 atom stereocenters. The van der Waals surface area contributed by atoms with E-state index in [1.165, 1.54) is 0 Å². The van der Waals surface area contributed by atoms with Crippen molar-refractivity contribution in [2.45, 2.75) is 39.0 Å². The number of imidazole rings is 1. The topological polar surface area (TPSA) is 63.1 Å². The summed E-state index contributed by atoms with van der Waals surface area (Å²) in [5.41, 5.74) is 3.98. The first-order valence-electron chi connectivity index (χ1n) is 13.0. The number of hydrogen-bond acceptors (Lipinski definition) is 4. The number of aromatic nitrogens is 2. The third kappa shape index (κ3) is 8.37. The van der Waals surface area contributed by atoms with Crippen LogP contribution in [-0.2, 0) is 24.2 Å². The van der Waals surface area contributed by atoms with E-state index in [9.17, 15) is 0 Å². The summed E-state index contributed by atoms with van der Waals surface area (Å²) >= 11 is 5.97. The molecule has 7 heteroatoms. The predicted molar refractivity (Wildman–Crippen MR) is 150 cm³/mol. The van der Waals surface area contributed by atoms with E-state index >= 15 is 0 Å². The van der Waals surface area contributed by atoms with Gasteiger partial charge in [-0.2, -0.15) is 5.26 Å². The van der Waals surface area contributed by atoms with Crippen molar-refractivity contribution >= 4 is 17.3 Å². The van der Waals surface area contributed by atoms with Crippen LogP contribution in [0.1, 0.15) is 36.1 Å². The summed E-state index contributed by atoms with van der Waals surface area (Å²) in [5.74, 6) is 0.874. The molecule has 0 aliphatic heterocycles. The zero-order valence-electron chi connectivity index (χ0n) is 21.7. The maximum atomic E-state index is 9.03. The molecule has 6 nitrogen and oxygen atoms in total. The molecule has 0 bridgehead atoms. The van der Waals surface area contributed by atoms with Crippen LogP contribution >= 0.6 is 11.6 Å². The fourth-order valence-electron chi connectivity index (χ4n) is 4.09. The molecule has 196 valence electrons. The van der Waals surface area contributed by atoms with Gasteiger partial charge in [0.05, 0.1) is 31.4 Å². The third-order valence-electron chi connectivity index (χ3n) is 6.18. The highest BCUT2D eigenvalue weighted by atomic mass is 35.5. The standard InChI is InChI=1S/C31H34ClN4O2/c1-2-20-37-30-13-7-27(8-14-30)31(38-21-15-25-3-5-26(22-33)6-4-25)23-36-19-18-35(24-36)17-16-34-29-11-9-28(32)10-12-29/h3-14,18-19,24,31,34H,2,15-17,20-21,23H2,1H3/q+1. The van der Waals surface area contributed by atoms with Gasteiger partial charge in [0, 0.05) is 10.7 Å². The van der Waals surface area contributed by atoms with Crippen LogP contribution in [0.5, 0.6) is 5.75 Å². The molecule has 0 spiro atoms. The van der Waals surface area contributed by atoms with Crippen LogP contribution in [0, 0.1) is 11.3 Å². The van der Waals surface area contributed by atoms with Crippen molar-refractivity contribution in [3.63, 3.8) is 0 Å². The molecule has 4 rings (SSSR count). The van der Waals surface area contributed by atoms with Crippen LogP contribution in [0.2, 0.25) is 5.02 Å². The molecule has 3 aromatic carbocycles. The van der Waals surface area contributed by atoms with Gasteiger partial charge < -0.3 is 14.8 Å². The van der Waals surface area contributed by atoms with Crippen molar-refractivity contribution in [2.24, 2.45) is 0 Å². The van der Waals surface area contributed by atoms with E-state index in [4.69, 9.17) is 26.3 Å². The van der Waals surface area contributed by atoms with Crippen LogP contribution in [0.4, 0.5) is 5.69 Å². The zero-order valence-corrected chi connectivity index (χ0v) is 22.5. The van der Waals surface area contributed by atoms with Crippen LogP contribution in [0.3, 0.4) is 0 Å². The first-order chi connectivity index (χ1) is 18.6. The fraction of sp³-hybridized carbons (Fsp3) is 0.290. The molecule has 38 heavy (non-hydrogen) atoms. The molecule has 1 heterocycles. The average Bonchev–Trinajstić information content (AvgIpc) is 3.40. The van der Waals surface area contributed by atoms with Gasteiger partial charge in [-0.25, -0.2) is 9.13 Å². The van der Waals surface area contributed by atoms with Crippen LogP contribution < -0.4 is 14.6 Å². The molecule has 0 radical (unpaired) electrons. The van der Waals surface area contributed by atoms with Gasteiger partial charge >= 0.3 is 0 Å². The Morgan fingerprint density at radius 2 is 1.76 bits per heavy atom. The van der Waals surface area contributed by atoms with E-state index in [0.717, 1.165) is 53.5 Å². The van der Waals surface area contributed by atoms with Crippen LogP contribution in [0.15, 0.2) is 91.5 Å². The van der Waals surface area contributed by atoms with Gasteiger partial charge in [-0.1, -0.05) is 42.8 Å². The molecular weight excluding hydrogens is 496 g/mol. The SMILES string of the molecule is CCCOc1ccc(C(C[n+]2ccn(CCNc3ccc(Cl)cc3)c2)OCCc2ccc(C#N)cc2)cc1. The molecule has 1 aromatic heterocycles. The minimum absolute atomic E-state index is 0.110. The number of rotatable bonds is 14. The van der Waals surface area contributed by atoms with Crippen molar-refractivity contribution in [2.75, 3.05) is 25.1 Å². The lowest BCUT2D eigenvalue weighted by Gasteiger charge is -2.17. The Labute approximate surface area is 230 Å². The molecule has 0 amide bonds. The zero-order chi connectivity index (χ0) is 26.6. The van der Waals surface area contributed by atoms with Gasteiger partial charge in [0.1, 0.15) is 37.3 Å². The Kier molecular flexibility index (Phi) is 10.2. The van der Waals surface area contributed by atoms with E-state index in [1.807, 2.05) is 60.7 Å². The van der Waals surface area contributed by atoms with Crippen molar-refractivity contribution in [3.05, 3.63) is 113 Å². The number of nitriles is 1. The number of anilines is 1. The number of nitrogens with one attached hydrogen (secondary N) is 1. The van der Waals surface area contributed by atoms with Crippen molar-refractivity contribution in [3.8, 4) is 11.8 Å². The predicted octanol–water partition coefficient (Wildman–Crippen LogP) is 6.20. The highest BCUT2D eigenvalue weighted by molar-refractivity contribution is 6.30. The summed E-state index contributed by atoms with van der Waals surface area (Å²) < 4.78 is 16.5. The quantitative estimate of drug-likeness (QED) is 0.197. The minimum atomic E-state index is -0.110. The van der Waals surface area contributed by atoms with Gasteiger partial charge in [0.25, 0.3) is 0 Å². The van der Waals surface area contributed by atoms with Crippen LogP contribution in [0.25, 0.3) is 0 Å². The molecule has 0 saturated carbocycles. The second kappa shape index (κ2) is 14.2. The highest BCUT2D eigenvalue weighted by Gasteiger charge is 2.17. The van der Waals surface area contributed by atoms with Crippen molar-refractivity contribution in [1.29, 1.82) is 5.26 Å². The lowest BCUT2D eigenvalue weighted by molar-refractivity contribution is -0.704. The van der Waals surface area contributed by atoms with E-state index in [-0.39, 0.29) is 6.10 Å². The lowest BCUT2D eigenvalue weighted by atomic mass is 10.1. The van der Waals surface area contributed by atoms with Gasteiger partial charge in [-0.3, -0.25) is 0 Å². The molecular formula is C31H34ClN4O2+. The van der Waals surface area contributed by atoms with Gasteiger partial charge in [0.2, 0.25) is 6.33 Å². The second-order valence-corrected chi connectivity index (χ2v) is 9.55. The Bertz CT molecular complexity index is 1300. The lowest BCUT2D eigenvalue weighted by Crippen LogP contribution is -2.36. The molecule has 4 aromatic rings. The molecule has 1 N–H and O–H groups in total. The molecule has 1 unspecified atom stereocenters. The van der Waals surface area contributed by atoms with Gasteiger partial charge in [-0.05, 0) is 72.5 Å². The first-order valence-corrected chi connectivity index (χ1v) is 13.4. The van der Waals surface area contributed by atoms with Gasteiger partial charge in [0.15, 0.2) is 0 Å². The van der Waals surface area contributed by atoms with Gasteiger partial charge in [-0.15, -0.1) is 0 Å². The summed E-state index contributed by atoms with van der Waals surface area (Å²) in [7, 11) is 0. The average molecular weight is 530 g/mol. The molecule has 0 fully saturated rings. The van der Waals surface area contributed by atoms with Crippen LogP contribution in [-0.4, -0.2) is 24.3 Å². The van der Waals surface area contributed by atoms with Crippen molar-refractivity contribution in [1.82, 2.24) is 4.57 Å². The minimum Gasteiger partial charge on any atom is -0.494 e. The number of benzene rings is 3. The summed E-state index contributed by atoms with van der Waals surface area (Å²) in [6.07, 6.45) is 7.92. The largest absolute Gasteiger partial charge is 0.494 e. The summed E-state index contributed by atoms with van der Waals surface area (Å²) in [4.78, 5) is 0. The molecule has 0 aliphatic rings. The van der Waals surface area contributed by atoms with E-state index < -0.39 is 0 Å². The summed E-state index contributed by atoms with van der Waals surface area (Å²) in [6.45, 7) is 5.73. The molecule has 0 saturated heterocycles. The number of nitrogens with zero attached hydrogens (tertiary/aromatic N) is 3. The van der Waals surface area contributed by atoms with E-state index in [0.29, 0.717) is 25.3 Å². The summed E-state index contributed by atoms with van der Waals surface area (Å²) in [6, 6.07) is 25.8. The second-order valence-electron chi connectivity index (χ2n) is 9.12. The monoisotopic (exact) mass is 529 g/mol. The Morgan fingerprint density at radius 3 is 2.47 bits per heavy atom. The Balaban J connectivity index is 1.37. The smallest absolute Gasteiger partial charge is 0.243 e. The van der Waals surface area contributed by atoms with E-state index in [2.05, 4.69) is 58.3 Å².